The summed E-state index contributed by atoms with van der Waals surface area (Å²) < 4.78 is 77.4. The molecule has 0 saturated carbocycles. The van der Waals surface area contributed by atoms with Crippen LogP contribution >= 0.6 is 34.8 Å². The van der Waals surface area contributed by atoms with Crippen molar-refractivity contribution in [3.05, 3.63) is 93.2 Å². The van der Waals surface area contributed by atoms with E-state index in [0.717, 1.165) is 37.9 Å². The zero-order valence-corrected chi connectivity index (χ0v) is 26.7. The molecular weight excluding hydrogens is 666 g/mol. The summed E-state index contributed by atoms with van der Waals surface area (Å²) in [5.74, 6) is -1.31. The van der Waals surface area contributed by atoms with E-state index in [9.17, 15) is 26.7 Å². The van der Waals surface area contributed by atoms with Gasteiger partial charge in [-0.3, -0.25) is 9.48 Å². The number of benzene rings is 2. The monoisotopic (exact) mass is 691 g/mol. The molecule has 240 valence electrons. The van der Waals surface area contributed by atoms with Crippen LogP contribution in [-0.4, -0.2) is 54.0 Å². The summed E-state index contributed by atoms with van der Waals surface area (Å²) in [4.78, 5) is 19.1. The van der Waals surface area contributed by atoms with Gasteiger partial charge in [0.05, 0.1) is 26.4 Å². The van der Waals surface area contributed by atoms with Crippen LogP contribution in [0.3, 0.4) is 0 Å². The van der Waals surface area contributed by atoms with Crippen molar-refractivity contribution >= 4 is 56.7 Å². The normalized spacial score (nSPS) is 17.2. The lowest BCUT2D eigenvalue weighted by molar-refractivity contribution is -0.142. The average Bonchev–Trinajstić information content (AvgIpc) is 3.85. The van der Waals surface area contributed by atoms with E-state index >= 15 is 0 Å². The molecule has 1 amide bonds. The highest BCUT2D eigenvalue weighted by molar-refractivity contribution is 7.98. The zero-order valence-electron chi connectivity index (χ0n) is 24.2. The molecule has 3 aromatic heterocycles. The van der Waals surface area contributed by atoms with Crippen molar-refractivity contribution in [3.63, 3.8) is 0 Å². The zero-order chi connectivity index (χ0) is 32.4. The number of likely N-dealkylation sites (tertiary alicyclic amines) is 1. The minimum absolute atomic E-state index is 0.0266. The fraction of sp³-hybridized carbons (Fsp3) is 0.333. The number of hydrogen-bond donors (Lipinski definition) is 0. The number of carbonyl (C=O) groups excluding carboxylic acids is 1. The Hall–Kier alpha value is -3.76. The molecule has 0 spiro atoms. The second-order valence-electron chi connectivity index (χ2n) is 10.8. The van der Waals surface area contributed by atoms with Gasteiger partial charge in [-0.25, -0.2) is 18.2 Å². The summed E-state index contributed by atoms with van der Waals surface area (Å²) in [6.45, 7) is 2.19. The minimum Gasteiger partial charge on any atom is -0.341 e. The lowest BCUT2D eigenvalue weighted by Gasteiger charge is -2.31. The first-order valence-corrected chi connectivity index (χ1v) is 16.7. The number of rotatable bonds is 5. The number of hydrogen-bond acceptors (Lipinski definition) is 9. The van der Waals surface area contributed by atoms with Crippen molar-refractivity contribution < 1.29 is 26.7 Å². The molecule has 5 aromatic rings. The summed E-state index contributed by atoms with van der Waals surface area (Å²) in [6, 6.07) is 12.7. The molecule has 0 radical (unpaired) electrons. The molecule has 46 heavy (non-hydrogen) atoms. The molecule has 16 heteroatoms. The molecule has 2 aliphatic rings. The Balaban J connectivity index is 0.000000352. The number of nitrogens with zero attached hydrogens (tertiary/aromatic N) is 7. The molecular formula is C30H26F5N7OS3. The van der Waals surface area contributed by atoms with Crippen LogP contribution in [-0.2, 0) is 17.5 Å². The lowest BCUT2D eigenvalue weighted by atomic mass is 9.97. The molecule has 0 aliphatic carbocycles. The maximum atomic E-state index is 14.2. The van der Waals surface area contributed by atoms with E-state index in [4.69, 9.17) is 4.98 Å². The predicted molar refractivity (Wildman–Crippen MR) is 168 cm³/mol. The quantitative estimate of drug-likeness (QED) is 0.139. The van der Waals surface area contributed by atoms with Gasteiger partial charge in [-0.2, -0.15) is 18.3 Å². The van der Waals surface area contributed by atoms with Crippen LogP contribution < -0.4 is 0 Å². The van der Waals surface area contributed by atoms with Gasteiger partial charge in [0.25, 0.3) is 0 Å². The van der Waals surface area contributed by atoms with Crippen molar-refractivity contribution in [2.75, 3.05) is 13.1 Å². The molecule has 1 atom stereocenters. The van der Waals surface area contributed by atoms with E-state index in [-0.39, 0.29) is 29.6 Å². The summed E-state index contributed by atoms with van der Waals surface area (Å²) in [5.41, 5.74) is 1.67. The van der Waals surface area contributed by atoms with Crippen molar-refractivity contribution in [1.82, 2.24) is 29.3 Å². The predicted octanol–water partition coefficient (Wildman–Crippen LogP) is 7.62. The number of halogens is 5. The Morgan fingerprint density at radius 1 is 1.04 bits per heavy atom. The Bertz CT molecular complexity index is 1830. The number of aryl methyl sites for hydroxylation is 1. The van der Waals surface area contributed by atoms with E-state index in [1.54, 1.807) is 4.90 Å². The number of piperidine rings is 1. The Labute approximate surface area is 272 Å². The molecule has 1 fully saturated rings. The van der Waals surface area contributed by atoms with E-state index in [2.05, 4.69) is 19.1 Å². The SMILES string of the molecule is Cc1cc(C(F)(F)F)nn1CC(=O)N1CCC(c2nc(C3=NSC(c4c(F)cccc4F)C3)cs2)CC1.c1ccc2snnc2c1. The minimum atomic E-state index is -4.55. The Morgan fingerprint density at radius 3 is 2.48 bits per heavy atom. The third-order valence-electron chi connectivity index (χ3n) is 7.71. The Morgan fingerprint density at radius 2 is 1.78 bits per heavy atom. The fourth-order valence-electron chi connectivity index (χ4n) is 5.25. The van der Waals surface area contributed by atoms with Crippen molar-refractivity contribution in [1.29, 1.82) is 0 Å². The highest BCUT2D eigenvalue weighted by Gasteiger charge is 2.35. The summed E-state index contributed by atoms with van der Waals surface area (Å²) in [7, 11) is 0. The summed E-state index contributed by atoms with van der Waals surface area (Å²) in [6.07, 6.45) is -2.83. The van der Waals surface area contributed by atoms with Crippen LogP contribution in [0.1, 0.15) is 58.1 Å². The van der Waals surface area contributed by atoms with Gasteiger partial charge in [0.2, 0.25) is 5.91 Å². The molecule has 1 unspecified atom stereocenters. The first-order chi connectivity index (χ1) is 22.1. The van der Waals surface area contributed by atoms with Gasteiger partial charge in [-0.15, -0.1) is 16.4 Å². The van der Waals surface area contributed by atoms with Gasteiger partial charge >= 0.3 is 6.18 Å². The van der Waals surface area contributed by atoms with Crippen LogP contribution in [0.4, 0.5) is 22.0 Å². The highest BCUT2D eigenvalue weighted by Crippen LogP contribution is 2.43. The lowest BCUT2D eigenvalue weighted by Crippen LogP contribution is -2.40. The van der Waals surface area contributed by atoms with Crippen molar-refractivity contribution in [2.45, 2.75) is 50.1 Å². The maximum absolute atomic E-state index is 14.2. The van der Waals surface area contributed by atoms with Gasteiger partial charge in [0.1, 0.15) is 23.7 Å². The first-order valence-electron chi connectivity index (χ1n) is 14.3. The highest BCUT2D eigenvalue weighted by atomic mass is 32.2. The van der Waals surface area contributed by atoms with E-state index in [0.29, 0.717) is 43.8 Å². The number of amides is 1. The molecule has 0 N–H and O–H groups in total. The fourth-order valence-corrected chi connectivity index (χ4v) is 7.79. The van der Waals surface area contributed by atoms with Crippen LogP contribution in [0, 0.1) is 18.6 Å². The Kier molecular flexibility index (Phi) is 9.47. The number of alkyl halides is 3. The summed E-state index contributed by atoms with van der Waals surface area (Å²) in [5, 5.41) is 9.78. The third kappa shape index (κ3) is 7.13. The van der Waals surface area contributed by atoms with E-state index in [1.165, 1.54) is 48.0 Å². The topological polar surface area (TPSA) is 89.2 Å². The third-order valence-corrected chi connectivity index (χ3v) is 10.4. The number of fused-ring (bicyclic) bond motifs is 1. The van der Waals surface area contributed by atoms with Crippen LogP contribution in [0.25, 0.3) is 10.2 Å². The molecule has 5 heterocycles. The molecule has 2 aliphatic heterocycles. The van der Waals surface area contributed by atoms with Crippen LogP contribution in [0.15, 0.2) is 58.3 Å². The van der Waals surface area contributed by atoms with E-state index in [1.807, 2.05) is 29.6 Å². The van der Waals surface area contributed by atoms with Gasteiger partial charge in [0, 0.05) is 42.1 Å². The van der Waals surface area contributed by atoms with Gasteiger partial charge in [0.15, 0.2) is 5.69 Å². The van der Waals surface area contributed by atoms with Crippen LogP contribution in [0.2, 0.25) is 0 Å². The smallest absolute Gasteiger partial charge is 0.341 e. The van der Waals surface area contributed by atoms with Crippen molar-refractivity contribution in [3.8, 4) is 0 Å². The molecule has 1 saturated heterocycles. The molecule has 8 nitrogen and oxygen atoms in total. The number of carbonyl (C=O) groups is 1. The van der Waals surface area contributed by atoms with Crippen molar-refractivity contribution in [2.24, 2.45) is 4.40 Å². The van der Waals surface area contributed by atoms with Gasteiger partial charge < -0.3 is 4.90 Å². The molecule has 2 aromatic carbocycles. The standard InChI is InChI=1S/C24H22F5N5OS2.C6H4N2S/c1-13-9-20(24(27,28)29)31-34(13)11-21(35)33-7-5-14(6-8-33)23-30-18(12-36-23)17-10-19(37-32-17)22-15(25)3-2-4-16(22)26;1-2-4-6-5(3-1)7-8-9-6/h2-4,9,12,14,19H,5-8,10-11H2,1H3;1-4H. The number of thiazole rings is 1. The molecule has 7 rings (SSSR count). The number of aromatic nitrogens is 5. The van der Waals surface area contributed by atoms with Crippen LogP contribution in [0.5, 0.6) is 0 Å². The summed E-state index contributed by atoms with van der Waals surface area (Å²) >= 11 is 4.06. The molecule has 0 bridgehead atoms. The van der Waals surface area contributed by atoms with E-state index < -0.39 is 28.8 Å². The first kappa shape index (κ1) is 32.2. The largest absolute Gasteiger partial charge is 0.435 e. The van der Waals surface area contributed by atoms with Gasteiger partial charge in [-0.05, 0) is 73.6 Å². The maximum Gasteiger partial charge on any atom is 0.435 e. The second-order valence-corrected chi connectivity index (χ2v) is 13.4. The average molecular weight is 692 g/mol. The second kappa shape index (κ2) is 13.5. The van der Waals surface area contributed by atoms with Gasteiger partial charge in [-0.1, -0.05) is 22.7 Å².